The molecular weight excluding hydrogens is 256 g/mol. The van der Waals surface area contributed by atoms with Gasteiger partial charge in [0.1, 0.15) is 6.04 Å². The molecule has 0 spiro atoms. The molecule has 8 heteroatoms. The molecule has 18 heavy (non-hydrogen) atoms. The molecule has 0 bridgehead atoms. The van der Waals surface area contributed by atoms with Crippen LogP contribution in [0, 0.1) is 0 Å². The van der Waals surface area contributed by atoms with E-state index in [2.05, 4.69) is 30.9 Å². The van der Waals surface area contributed by atoms with Gasteiger partial charge in [0.25, 0.3) is 0 Å². The van der Waals surface area contributed by atoms with E-state index >= 15 is 0 Å². The number of halogens is 1. The van der Waals surface area contributed by atoms with Gasteiger partial charge in [-0.05, 0) is 32.4 Å². The fourth-order valence-corrected chi connectivity index (χ4v) is 1.36. The molecule has 1 amide bonds. The van der Waals surface area contributed by atoms with Crippen LogP contribution in [0.25, 0.3) is 0 Å². The number of amides is 1. The van der Waals surface area contributed by atoms with Gasteiger partial charge in [-0.1, -0.05) is 0 Å². The van der Waals surface area contributed by atoms with Crippen LogP contribution in [-0.2, 0) is 4.79 Å². The van der Waals surface area contributed by atoms with Gasteiger partial charge in [0.15, 0.2) is 0 Å². The monoisotopic (exact) mass is 272 g/mol. The van der Waals surface area contributed by atoms with E-state index in [9.17, 15) is 4.79 Å². The number of anilines is 2. The van der Waals surface area contributed by atoms with Gasteiger partial charge < -0.3 is 16.0 Å². The summed E-state index contributed by atoms with van der Waals surface area (Å²) in [5.74, 6) is 0.465. The number of rotatable bonds is 5. The van der Waals surface area contributed by atoms with Crippen LogP contribution in [0.3, 0.4) is 0 Å². The van der Waals surface area contributed by atoms with E-state index in [4.69, 9.17) is 11.6 Å². The first-order valence-electron chi connectivity index (χ1n) is 5.58. The zero-order valence-electron chi connectivity index (χ0n) is 10.8. The van der Waals surface area contributed by atoms with Crippen LogP contribution in [0.2, 0.25) is 5.28 Å². The van der Waals surface area contributed by atoms with Gasteiger partial charge in [0.2, 0.25) is 23.1 Å². The van der Waals surface area contributed by atoms with E-state index in [1.165, 1.54) is 0 Å². The van der Waals surface area contributed by atoms with Crippen molar-refractivity contribution < 1.29 is 4.79 Å². The zero-order chi connectivity index (χ0) is 13.7. The third-order valence-electron chi connectivity index (χ3n) is 2.00. The van der Waals surface area contributed by atoms with Gasteiger partial charge in [0, 0.05) is 13.1 Å². The molecule has 1 heterocycles. The van der Waals surface area contributed by atoms with Crippen molar-refractivity contribution in [2.45, 2.75) is 32.9 Å². The topological polar surface area (TPSA) is 91.8 Å². The molecular formula is C10H17ClN6O. The molecule has 0 fully saturated rings. The Morgan fingerprint density at radius 2 is 1.78 bits per heavy atom. The number of nitrogens with zero attached hydrogens (tertiary/aromatic N) is 3. The molecule has 0 aliphatic carbocycles. The summed E-state index contributed by atoms with van der Waals surface area (Å²) in [5.41, 5.74) is 0. The van der Waals surface area contributed by atoms with Gasteiger partial charge in [-0.3, -0.25) is 4.79 Å². The molecule has 1 unspecified atom stereocenters. The molecule has 0 saturated carbocycles. The maximum absolute atomic E-state index is 11.7. The van der Waals surface area contributed by atoms with E-state index in [0.717, 1.165) is 0 Å². The van der Waals surface area contributed by atoms with Gasteiger partial charge >= 0.3 is 0 Å². The molecule has 1 atom stereocenters. The molecule has 100 valence electrons. The van der Waals surface area contributed by atoms with E-state index in [1.807, 2.05) is 13.8 Å². The highest BCUT2D eigenvalue weighted by Crippen LogP contribution is 2.09. The summed E-state index contributed by atoms with van der Waals surface area (Å²) in [6.07, 6.45) is 0. The van der Waals surface area contributed by atoms with Crippen molar-refractivity contribution in [2.75, 3.05) is 17.7 Å². The first-order chi connectivity index (χ1) is 8.42. The summed E-state index contributed by atoms with van der Waals surface area (Å²) in [4.78, 5) is 23.5. The summed E-state index contributed by atoms with van der Waals surface area (Å²) in [7, 11) is 1.67. The summed E-state index contributed by atoms with van der Waals surface area (Å²) in [5, 5.41) is 8.47. The van der Waals surface area contributed by atoms with Crippen LogP contribution in [-0.4, -0.2) is 40.0 Å². The Morgan fingerprint density at radius 1 is 1.17 bits per heavy atom. The second kappa shape index (κ2) is 6.34. The average molecular weight is 273 g/mol. The molecule has 0 aromatic carbocycles. The van der Waals surface area contributed by atoms with Crippen molar-refractivity contribution in [3.8, 4) is 0 Å². The van der Waals surface area contributed by atoms with Crippen LogP contribution < -0.4 is 16.0 Å². The number of hydrogen-bond acceptors (Lipinski definition) is 6. The number of carbonyl (C=O) groups excluding carboxylic acids is 1. The number of hydrogen-bond donors (Lipinski definition) is 3. The van der Waals surface area contributed by atoms with Gasteiger partial charge in [-0.2, -0.15) is 15.0 Å². The Morgan fingerprint density at radius 3 is 2.33 bits per heavy atom. The van der Waals surface area contributed by atoms with E-state index in [-0.39, 0.29) is 23.2 Å². The minimum atomic E-state index is -0.462. The summed E-state index contributed by atoms with van der Waals surface area (Å²) in [6, 6.07) is -0.382. The molecule has 0 radical (unpaired) electrons. The lowest BCUT2D eigenvalue weighted by Gasteiger charge is -2.16. The van der Waals surface area contributed by atoms with E-state index in [0.29, 0.717) is 5.95 Å². The van der Waals surface area contributed by atoms with Crippen molar-refractivity contribution in [2.24, 2.45) is 0 Å². The minimum Gasteiger partial charge on any atom is -0.357 e. The van der Waals surface area contributed by atoms with Crippen molar-refractivity contribution in [3.05, 3.63) is 5.28 Å². The second-order valence-electron chi connectivity index (χ2n) is 4.03. The molecule has 1 aromatic rings. The molecule has 0 aliphatic rings. The molecule has 3 N–H and O–H groups in total. The van der Waals surface area contributed by atoms with Crippen molar-refractivity contribution in [3.63, 3.8) is 0 Å². The molecule has 0 aliphatic heterocycles. The maximum atomic E-state index is 11.7. The summed E-state index contributed by atoms with van der Waals surface area (Å²) in [6.45, 7) is 5.50. The van der Waals surface area contributed by atoms with E-state index < -0.39 is 6.04 Å². The Bertz CT molecular complexity index is 425. The van der Waals surface area contributed by atoms with Gasteiger partial charge in [0.05, 0.1) is 0 Å². The average Bonchev–Trinajstić information content (AvgIpc) is 2.27. The standard InChI is InChI=1S/C10H17ClN6O/c1-5(2)13-7(18)6(3)14-10-16-8(11)15-9(12-4)17-10/h5-6H,1-4H3,(H,13,18)(H2,12,14,15,16,17). The molecule has 1 rings (SSSR count). The molecule has 7 nitrogen and oxygen atoms in total. The summed E-state index contributed by atoms with van der Waals surface area (Å²) >= 11 is 5.73. The van der Waals surface area contributed by atoms with Crippen LogP contribution in [0.1, 0.15) is 20.8 Å². The lowest BCUT2D eigenvalue weighted by Crippen LogP contribution is -2.41. The van der Waals surface area contributed by atoms with Crippen LogP contribution in [0.5, 0.6) is 0 Å². The van der Waals surface area contributed by atoms with Crippen molar-refractivity contribution in [1.29, 1.82) is 0 Å². The zero-order valence-corrected chi connectivity index (χ0v) is 11.5. The fraction of sp³-hybridized carbons (Fsp3) is 0.600. The van der Waals surface area contributed by atoms with E-state index in [1.54, 1.807) is 14.0 Å². The quantitative estimate of drug-likeness (QED) is 0.737. The predicted molar refractivity (Wildman–Crippen MR) is 70.7 cm³/mol. The molecule has 1 aromatic heterocycles. The smallest absolute Gasteiger partial charge is 0.242 e. The number of aromatic nitrogens is 3. The maximum Gasteiger partial charge on any atom is 0.242 e. The van der Waals surface area contributed by atoms with Crippen molar-refractivity contribution in [1.82, 2.24) is 20.3 Å². The largest absolute Gasteiger partial charge is 0.357 e. The van der Waals surface area contributed by atoms with Crippen LogP contribution >= 0.6 is 11.6 Å². The fourth-order valence-electron chi connectivity index (χ4n) is 1.20. The lowest BCUT2D eigenvalue weighted by molar-refractivity contribution is -0.122. The normalized spacial score (nSPS) is 12.1. The van der Waals surface area contributed by atoms with Crippen molar-refractivity contribution >= 4 is 29.4 Å². The second-order valence-corrected chi connectivity index (χ2v) is 4.37. The summed E-state index contributed by atoms with van der Waals surface area (Å²) < 4.78 is 0. The number of carbonyl (C=O) groups is 1. The van der Waals surface area contributed by atoms with Gasteiger partial charge in [-0.15, -0.1) is 0 Å². The minimum absolute atomic E-state index is 0.0633. The third-order valence-corrected chi connectivity index (χ3v) is 2.17. The number of nitrogens with one attached hydrogen (secondary N) is 3. The highest BCUT2D eigenvalue weighted by atomic mass is 35.5. The Balaban J connectivity index is 2.72. The predicted octanol–water partition coefficient (Wildman–Crippen LogP) is 0.892. The Labute approximate surface area is 111 Å². The Kier molecular flexibility index (Phi) is 5.08. The highest BCUT2D eigenvalue weighted by molar-refractivity contribution is 6.28. The first-order valence-corrected chi connectivity index (χ1v) is 5.96. The Hall–Kier alpha value is -1.63. The van der Waals surface area contributed by atoms with Gasteiger partial charge in [-0.25, -0.2) is 0 Å². The van der Waals surface area contributed by atoms with Crippen LogP contribution in [0.4, 0.5) is 11.9 Å². The highest BCUT2D eigenvalue weighted by Gasteiger charge is 2.15. The third kappa shape index (κ3) is 4.33. The first kappa shape index (κ1) is 14.4. The SMILES string of the molecule is CNc1nc(Cl)nc(NC(C)C(=O)NC(C)C)n1. The lowest BCUT2D eigenvalue weighted by atomic mass is 10.3. The molecule has 0 saturated heterocycles. The van der Waals surface area contributed by atoms with Crippen LogP contribution in [0.15, 0.2) is 0 Å².